The van der Waals surface area contributed by atoms with Gasteiger partial charge in [0, 0.05) is 5.69 Å². The normalized spacial score (nSPS) is 21.2. The average molecular weight is 311 g/mol. The van der Waals surface area contributed by atoms with Crippen molar-refractivity contribution in [2.75, 3.05) is 17.7 Å². The molecule has 2 rings (SSSR count). The van der Waals surface area contributed by atoms with Gasteiger partial charge in [-0.15, -0.1) is 0 Å². The van der Waals surface area contributed by atoms with Crippen molar-refractivity contribution in [3.05, 3.63) is 29.8 Å². The van der Waals surface area contributed by atoms with Gasteiger partial charge in [0.05, 0.1) is 17.5 Å². The van der Waals surface area contributed by atoms with Crippen molar-refractivity contribution >= 4 is 21.4 Å². The SMILES string of the molecule is Cc1ccccc1NC(=O)CS(=O)(=O)C1COC(C)(C)C1. The van der Waals surface area contributed by atoms with Crippen LogP contribution in [0.15, 0.2) is 24.3 Å². The van der Waals surface area contributed by atoms with Gasteiger partial charge in [0.15, 0.2) is 9.84 Å². The molecule has 116 valence electrons. The van der Waals surface area contributed by atoms with Gasteiger partial charge in [-0.1, -0.05) is 18.2 Å². The molecule has 1 aromatic rings. The third-order valence-electron chi connectivity index (χ3n) is 3.64. The molecule has 21 heavy (non-hydrogen) atoms. The van der Waals surface area contributed by atoms with Crippen molar-refractivity contribution in [2.45, 2.75) is 38.0 Å². The molecule has 0 aliphatic carbocycles. The molecule has 1 heterocycles. The summed E-state index contributed by atoms with van der Waals surface area (Å²) in [4.78, 5) is 12.0. The molecule has 0 aromatic heterocycles. The Morgan fingerprint density at radius 3 is 2.62 bits per heavy atom. The second-order valence-corrected chi connectivity index (χ2v) is 8.35. The quantitative estimate of drug-likeness (QED) is 0.922. The van der Waals surface area contributed by atoms with Gasteiger partial charge in [-0.2, -0.15) is 0 Å². The molecule has 6 heteroatoms. The van der Waals surface area contributed by atoms with E-state index in [9.17, 15) is 13.2 Å². The number of carbonyl (C=O) groups is 1. The summed E-state index contributed by atoms with van der Waals surface area (Å²) in [6.45, 7) is 5.73. The molecule has 1 atom stereocenters. The number of para-hydroxylation sites is 1. The van der Waals surface area contributed by atoms with Crippen LogP contribution in [-0.2, 0) is 19.4 Å². The van der Waals surface area contributed by atoms with Crippen LogP contribution in [0.5, 0.6) is 0 Å². The standard InChI is InChI=1S/C15H21NO4S/c1-11-6-4-5-7-13(11)16-14(17)10-21(18,19)12-8-15(2,3)20-9-12/h4-7,12H,8-10H2,1-3H3,(H,16,17). The first-order valence-corrected chi connectivity index (χ1v) is 8.62. The van der Waals surface area contributed by atoms with E-state index < -0.39 is 32.3 Å². The van der Waals surface area contributed by atoms with Gasteiger partial charge in [-0.3, -0.25) is 4.79 Å². The molecule has 1 amide bonds. The number of amides is 1. The lowest BCUT2D eigenvalue weighted by atomic mass is 10.1. The molecule has 0 bridgehead atoms. The van der Waals surface area contributed by atoms with Gasteiger partial charge >= 0.3 is 0 Å². The maximum absolute atomic E-state index is 12.3. The Balaban J connectivity index is 2.01. The lowest BCUT2D eigenvalue weighted by molar-refractivity contribution is -0.113. The van der Waals surface area contributed by atoms with E-state index in [1.807, 2.05) is 32.9 Å². The van der Waals surface area contributed by atoms with E-state index in [0.29, 0.717) is 12.1 Å². The summed E-state index contributed by atoms with van der Waals surface area (Å²) in [7, 11) is -3.50. The van der Waals surface area contributed by atoms with Crippen LogP contribution in [-0.4, -0.2) is 37.5 Å². The lowest BCUT2D eigenvalue weighted by Gasteiger charge is -2.15. The van der Waals surface area contributed by atoms with Gasteiger partial charge in [-0.25, -0.2) is 8.42 Å². The number of carbonyl (C=O) groups excluding carboxylic acids is 1. The van der Waals surface area contributed by atoms with Crippen LogP contribution in [0.3, 0.4) is 0 Å². The summed E-state index contributed by atoms with van der Waals surface area (Å²) in [5.41, 5.74) is 1.10. The Bertz CT molecular complexity index is 637. The smallest absolute Gasteiger partial charge is 0.239 e. The van der Waals surface area contributed by atoms with Gasteiger partial charge in [0.1, 0.15) is 5.75 Å². The number of rotatable bonds is 4. The van der Waals surface area contributed by atoms with Crippen molar-refractivity contribution in [1.29, 1.82) is 0 Å². The number of sulfone groups is 1. The van der Waals surface area contributed by atoms with E-state index in [0.717, 1.165) is 5.56 Å². The van der Waals surface area contributed by atoms with Crippen LogP contribution in [0.1, 0.15) is 25.8 Å². The third-order valence-corrected chi connectivity index (χ3v) is 5.62. The fourth-order valence-electron chi connectivity index (χ4n) is 2.42. The van der Waals surface area contributed by atoms with E-state index in [-0.39, 0.29) is 6.61 Å². The van der Waals surface area contributed by atoms with E-state index in [1.54, 1.807) is 12.1 Å². The van der Waals surface area contributed by atoms with Crippen molar-refractivity contribution in [3.63, 3.8) is 0 Å². The Hall–Kier alpha value is -1.40. The highest BCUT2D eigenvalue weighted by Gasteiger charge is 2.40. The molecule has 1 unspecified atom stereocenters. The third kappa shape index (κ3) is 4.04. The number of aryl methyl sites for hydroxylation is 1. The number of ether oxygens (including phenoxy) is 1. The first-order chi connectivity index (χ1) is 9.70. The molecule has 1 aliphatic rings. The Labute approximate surface area is 125 Å². The minimum atomic E-state index is -3.50. The van der Waals surface area contributed by atoms with Crippen molar-refractivity contribution in [2.24, 2.45) is 0 Å². The zero-order chi connectivity index (χ0) is 15.7. The monoisotopic (exact) mass is 311 g/mol. The Morgan fingerprint density at radius 2 is 2.05 bits per heavy atom. The van der Waals surface area contributed by atoms with E-state index in [4.69, 9.17) is 4.74 Å². The number of nitrogens with one attached hydrogen (secondary N) is 1. The summed E-state index contributed by atoms with van der Waals surface area (Å²) in [5.74, 6) is -1.01. The Morgan fingerprint density at radius 1 is 1.38 bits per heavy atom. The highest BCUT2D eigenvalue weighted by atomic mass is 32.2. The number of anilines is 1. The number of benzene rings is 1. The van der Waals surface area contributed by atoms with Gasteiger partial charge < -0.3 is 10.1 Å². The maximum atomic E-state index is 12.3. The minimum Gasteiger partial charge on any atom is -0.374 e. The fourth-order valence-corrected chi connectivity index (χ4v) is 4.02. The van der Waals surface area contributed by atoms with Crippen LogP contribution in [0.4, 0.5) is 5.69 Å². The molecule has 1 N–H and O–H groups in total. The largest absolute Gasteiger partial charge is 0.374 e. The fraction of sp³-hybridized carbons (Fsp3) is 0.533. The van der Waals surface area contributed by atoms with Crippen molar-refractivity contribution in [1.82, 2.24) is 0 Å². The molecule has 0 spiro atoms. The summed E-state index contributed by atoms with van der Waals surface area (Å²) in [6.07, 6.45) is 0.424. The predicted molar refractivity (Wildman–Crippen MR) is 82.0 cm³/mol. The van der Waals surface area contributed by atoms with E-state index in [2.05, 4.69) is 5.32 Å². The van der Waals surface area contributed by atoms with Gasteiger partial charge in [0.2, 0.25) is 5.91 Å². The molecule has 1 aliphatic heterocycles. The first-order valence-electron chi connectivity index (χ1n) is 6.91. The molecule has 0 radical (unpaired) electrons. The van der Waals surface area contributed by atoms with Crippen LogP contribution >= 0.6 is 0 Å². The second kappa shape index (κ2) is 5.77. The van der Waals surface area contributed by atoms with Crippen LogP contribution in [0.2, 0.25) is 0 Å². The topological polar surface area (TPSA) is 72.5 Å². The van der Waals surface area contributed by atoms with Crippen LogP contribution < -0.4 is 5.32 Å². The molecule has 0 saturated carbocycles. The Kier molecular flexibility index (Phi) is 4.39. The average Bonchev–Trinajstić information content (AvgIpc) is 2.73. The first kappa shape index (κ1) is 16.0. The molecule has 5 nitrogen and oxygen atoms in total. The summed E-state index contributed by atoms with van der Waals surface area (Å²) in [5, 5.41) is 2.05. The van der Waals surface area contributed by atoms with Crippen LogP contribution in [0, 0.1) is 6.92 Å². The molecular formula is C15H21NO4S. The van der Waals surface area contributed by atoms with Crippen molar-refractivity contribution < 1.29 is 17.9 Å². The summed E-state index contributed by atoms with van der Waals surface area (Å²) in [6, 6.07) is 7.27. The zero-order valence-corrected chi connectivity index (χ0v) is 13.4. The molecule has 1 fully saturated rings. The minimum absolute atomic E-state index is 0.160. The zero-order valence-electron chi connectivity index (χ0n) is 12.5. The maximum Gasteiger partial charge on any atom is 0.239 e. The summed E-state index contributed by atoms with van der Waals surface area (Å²) >= 11 is 0. The number of hydrogen-bond acceptors (Lipinski definition) is 4. The molecule has 1 aromatic carbocycles. The van der Waals surface area contributed by atoms with E-state index >= 15 is 0 Å². The molecular weight excluding hydrogens is 290 g/mol. The lowest BCUT2D eigenvalue weighted by Crippen LogP contribution is -2.32. The van der Waals surface area contributed by atoms with Crippen molar-refractivity contribution in [3.8, 4) is 0 Å². The number of hydrogen-bond donors (Lipinski definition) is 1. The summed E-state index contributed by atoms with van der Waals surface area (Å²) < 4.78 is 30.0. The molecule has 1 saturated heterocycles. The van der Waals surface area contributed by atoms with Gasteiger partial charge in [-0.05, 0) is 38.8 Å². The van der Waals surface area contributed by atoms with E-state index in [1.165, 1.54) is 0 Å². The van der Waals surface area contributed by atoms with Crippen LogP contribution in [0.25, 0.3) is 0 Å². The second-order valence-electron chi connectivity index (χ2n) is 6.07. The highest BCUT2D eigenvalue weighted by Crippen LogP contribution is 2.29. The highest BCUT2D eigenvalue weighted by molar-refractivity contribution is 7.92. The van der Waals surface area contributed by atoms with Gasteiger partial charge in [0.25, 0.3) is 0 Å². The predicted octanol–water partition coefficient (Wildman–Crippen LogP) is 1.92.